The zero-order chi connectivity index (χ0) is 20.8. The van der Waals surface area contributed by atoms with E-state index in [4.69, 9.17) is 4.74 Å². The average molecular weight is 400 g/mol. The minimum atomic E-state index is -0.686. The van der Waals surface area contributed by atoms with Crippen LogP contribution in [0.2, 0.25) is 0 Å². The third-order valence-electron chi connectivity index (χ3n) is 4.67. The molecule has 0 atom stereocenters. The third kappa shape index (κ3) is 5.10. The van der Waals surface area contributed by atoms with Crippen molar-refractivity contribution in [1.82, 2.24) is 4.90 Å². The molecule has 1 saturated heterocycles. The molecular weight excluding hydrogens is 379 g/mol. The van der Waals surface area contributed by atoms with Crippen LogP contribution in [0.15, 0.2) is 48.5 Å². The maximum absolute atomic E-state index is 13.0. The summed E-state index contributed by atoms with van der Waals surface area (Å²) in [5.41, 5.74) is 1.29. The Morgan fingerprint density at radius 3 is 2.17 bits per heavy atom. The molecule has 3 rings (SSSR count). The van der Waals surface area contributed by atoms with Crippen LogP contribution in [-0.4, -0.2) is 62.6 Å². The lowest BCUT2D eigenvalue weighted by atomic mass is 10.1. The van der Waals surface area contributed by atoms with Gasteiger partial charge in [0.1, 0.15) is 5.82 Å². The van der Waals surface area contributed by atoms with Crippen molar-refractivity contribution in [3.05, 3.63) is 65.5 Å². The Balaban J connectivity index is 1.49. The van der Waals surface area contributed by atoms with Gasteiger partial charge in [-0.05, 0) is 42.5 Å². The van der Waals surface area contributed by atoms with Crippen LogP contribution < -0.4 is 4.90 Å². The first kappa shape index (κ1) is 20.3. The number of amides is 1. The zero-order valence-electron chi connectivity index (χ0n) is 16.0. The maximum atomic E-state index is 13.0. The van der Waals surface area contributed by atoms with Crippen molar-refractivity contribution in [2.24, 2.45) is 0 Å². The summed E-state index contributed by atoms with van der Waals surface area (Å²) in [4.78, 5) is 39.8. The molecule has 0 bridgehead atoms. The Morgan fingerprint density at radius 1 is 0.931 bits per heavy atom. The van der Waals surface area contributed by atoms with Crippen LogP contribution in [0.1, 0.15) is 20.7 Å². The maximum Gasteiger partial charge on any atom is 0.338 e. The van der Waals surface area contributed by atoms with E-state index < -0.39 is 11.9 Å². The lowest BCUT2D eigenvalue weighted by Gasteiger charge is -2.36. The average Bonchev–Trinajstić information content (AvgIpc) is 2.77. The second-order valence-electron chi connectivity index (χ2n) is 6.49. The molecule has 0 spiro atoms. The Hall–Kier alpha value is -3.42. The first-order chi connectivity index (χ1) is 14.0. The van der Waals surface area contributed by atoms with Gasteiger partial charge in [-0.25, -0.2) is 14.0 Å². The molecule has 1 aliphatic rings. The lowest BCUT2D eigenvalue weighted by molar-refractivity contribution is -0.134. The van der Waals surface area contributed by atoms with Crippen LogP contribution in [0, 0.1) is 5.82 Å². The lowest BCUT2D eigenvalue weighted by Crippen LogP contribution is -2.49. The van der Waals surface area contributed by atoms with Crippen LogP contribution in [0.25, 0.3) is 0 Å². The van der Waals surface area contributed by atoms with E-state index in [9.17, 15) is 18.8 Å². The van der Waals surface area contributed by atoms with Gasteiger partial charge in [0, 0.05) is 31.9 Å². The van der Waals surface area contributed by atoms with Crippen molar-refractivity contribution in [3.63, 3.8) is 0 Å². The number of ether oxygens (including phenoxy) is 2. The summed E-state index contributed by atoms with van der Waals surface area (Å²) < 4.78 is 22.8. The number of nitrogens with zero attached hydrogens (tertiary/aromatic N) is 2. The number of rotatable bonds is 5. The molecule has 0 N–H and O–H groups in total. The highest BCUT2D eigenvalue weighted by molar-refractivity contribution is 5.96. The molecule has 0 saturated carbocycles. The fourth-order valence-electron chi connectivity index (χ4n) is 3.06. The van der Waals surface area contributed by atoms with E-state index >= 15 is 0 Å². The summed E-state index contributed by atoms with van der Waals surface area (Å²) >= 11 is 0. The molecule has 2 aromatic rings. The summed E-state index contributed by atoms with van der Waals surface area (Å²) in [5, 5.41) is 0. The van der Waals surface area contributed by atoms with Gasteiger partial charge in [-0.3, -0.25) is 4.79 Å². The number of hydrogen-bond donors (Lipinski definition) is 0. The van der Waals surface area contributed by atoms with Crippen molar-refractivity contribution in [2.45, 2.75) is 0 Å². The molecule has 8 heteroatoms. The highest BCUT2D eigenvalue weighted by Crippen LogP contribution is 2.17. The van der Waals surface area contributed by atoms with E-state index in [0.29, 0.717) is 26.2 Å². The number of halogens is 1. The first-order valence-corrected chi connectivity index (χ1v) is 9.11. The van der Waals surface area contributed by atoms with Crippen molar-refractivity contribution in [3.8, 4) is 0 Å². The van der Waals surface area contributed by atoms with Gasteiger partial charge >= 0.3 is 11.9 Å². The van der Waals surface area contributed by atoms with E-state index in [-0.39, 0.29) is 29.5 Å². The van der Waals surface area contributed by atoms with E-state index in [1.807, 2.05) is 0 Å². The van der Waals surface area contributed by atoms with Gasteiger partial charge in [0.15, 0.2) is 6.61 Å². The number of esters is 2. The molecular formula is C21H21FN2O5. The topological polar surface area (TPSA) is 76.2 Å². The fourth-order valence-corrected chi connectivity index (χ4v) is 3.06. The van der Waals surface area contributed by atoms with Crippen LogP contribution in [0.4, 0.5) is 10.1 Å². The zero-order valence-corrected chi connectivity index (χ0v) is 16.0. The first-order valence-electron chi connectivity index (χ1n) is 9.11. The molecule has 0 aromatic heterocycles. The SMILES string of the molecule is COC(=O)c1cccc(C(=O)OCC(=O)N2CCN(c3ccc(F)cc3)CC2)c1. The molecule has 1 fully saturated rings. The summed E-state index contributed by atoms with van der Waals surface area (Å²) in [7, 11) is 1.25. The summed E-state index contributed by atoms with van der Waals surface area (Å²) in [6.07, 6.45) is 0. The Labute approximate surface area is 167 Å². The second-order valence-corrected chi connectivity index (χ2v) is 6.49. The summed E-state index contributed by atoms with van der Waals surface area (Å²) in [6, 6.07) is 12.1. The van der Waals surface area contributed by atoms with Crippen LogP contribution >= 0.6 is 0 Å². The number of carbonyl (C=O) groups is 3. The third-order valence-corrected chi connectivity index (χ3v) is 4.67. The molecule has 152 valence electrons. The smallest absolute Gasteiger partial charge is 0.338 e. The summed E-state index contributed by atoms with van der Waals surface area (Å²) in [5.74, 6) is -1.83. The molecule has 29 heavy (non-hydrogen) atoms. The Bertz CT molecular complexity index is 892. The van der Waals surface area contributed by atoms with Gasteiger partial charge in [0.25, 0.3) is 5.91 Å². The van der Waals surface area contributed by atoms with Crippen molar-refractivity contribution < 1.29 is 28.2 Å². The Morgan fingerprint density at radius 2 is 1.55 bits per heavy atom. The van der Waals surface area contributed by atoms with E-state index in [1.54, 1.807) is 23.1 Å². The van der Waals surface area contributed by atoms with Crippen LogP contribution in [-0.2, 0) is 14.3 Å². The molecule has 1 aliphatic heterocycles. The van der Waals surface area contributed by atoms with Crippen LogP contribution in [0.5, 0.6) is 0 Å². The minimum Gasteiger partial charge on any atom is -0.465 e. The normalized spacial score (nSPS) is 13.7. The summed E-state index contributed by atoms with van der Waals surface area (Å²) in [6.45, 7) is 1.79. The predicted molar refractivity (Wildman–Crippen MR) is 103 cm³/mol. The molecule has 0 aliphatic carbocycles. The van der Waals surface area contributed by atoms with E-state index in [0.717, 1.165) is 5.69 Å². The van der Waals surface area contributed by atoms with Gasteiger partial charge in [-0.2, -0.15) is 0 Å². The highest BCUT2D eigenvalue weighted by atomic mass is 19.1. The number of anilines is 1. The largest absolute Gasteiger partial charge is 0.465 e. The standard InChI is InChI=1S/C21H21FN2O5/c1-28-20(26)15-3-2-4-16(13-15)21(27)29-14-19(25)24-11-9-23(10-12-24)18-7-5-17(22)6-8-18/h2-8,13H,9-12,14H2,1H3. The predicted octanol–water partition coefficient (Wildman–Crippen LogP) is 2.12. The molecule has 1 amide bonds. The Kier molecular flexibility index (Phi) is 6.43. The quantitative estimate of drug-likeness (QED) is 0.716. The molecule has 2 aromatic carbocycles. The second kappa shape index (κ2) is 9.18. The van der Waals surface area contributed by atoms with Gasteiger partial charge in [-0.1, -0.05) is 6.07 Å². The molecule has 0 unspecified atom stereocenters. The molecule has 1 heterocycles. The highest BCUT2D eigenvalue weighted by Gasteiger charge is 2.22. The number of piperazine rings is 1. The number of benzene rings is 2. The van der Waals surface area contributed by atoms with Gasteiger partial charge in [-0.15, -0.1) is 0 Å². The van der Waals surface area contributed by atoms with Gasteiger partial charge < -0.3 is 19.3 Å². The van der Waals surface area contributed by atoms with Gasteiger partial charge in [0.2, 0.25) is 0 Å². The van der Waals surface area contributed by atoms with Crippen molar-refractivity contribution >= 4 is 23.5 Å². The van der Waals surface area contributed by atoms with Crippen molar-refractivity contribution in [1.29, 1.82) is 0 Å². The molecule has 0 radical (unpaired) electrons. The van der Waals surface area contributed by atoms with Crippen molar-refractivity contribution in [2.75, 3.05) is 44.8 Å². The number of hydrogen-bond acceptors (Lipinski definition) is 6. The monoisotopic (exact) mass is 400 g/mol. The fraction of sp³-hybridized carbons (Fsp3) is 0.286. The van der Waals surface area contributed by atoms with Crippen LogP contribution in [0.3, 0.4) is 0 Å². The number of methoxy groups -OCH3 is 1. The van der Waals surface area contributed by atoms with Gasteiger partial charge in [0.05, 0.1) is 18.2 Å². The molecule has 7 nitrogen and oxygen atoms in total. The number of carbonyl (C=O) groups excluding carboxylic acids is 3. The van der Waals surface area contributed by atoms with E-state index in [1.165, 1.54) is 37.4 Å². The van der Waals surface area contributed by atoms with E-state index in [2.05, 4.69) is 9.64 Å². The minimum absolute atomic E-state index is 0.168.